The van der Waals surface area contributed by atoms with E-state index < -0.39 is 63.5 Å². The highest BCUT2D eigenvalue weighted by molar-refractivity contribution is 6.04. The summed E-state index contributed by atoms with van der Waals surface area (Å²) in [6, 6.07) is 10.0. The second-order valence-electron chi connectivity index (χ2n) is 14.4. The summed E-state index contributed by atoms with van der Waals surface area (Å²) >= 11 is 0. The number of benzene rings is 2. The summed E-state index contributed by atoms with van der Waals surface area (Å²) in [6.45, 7) is 14.3. The first-order chi connectivity index (χ1) is 23.0. The zero-order valence-corrected chi connectivity index (χ0v) is 30.3. The first-order valence-corrected chi connectivity index (χ1v) is 15.9. The Balaban J connectivity index is 2.16. The Bertz CT molecular complexity index is 1650. The summed E-state index contributed by atoms with van der Waals surface area (Å²) in [4.78, 5) is 62.5. The standard InChI is InChI=1S/C36H49N5O9/c1-20(36(8,37)19-35(6,7)18-26(31(45)46)34(3,4)5)29(43)38-23-12-14-24(15-13-23)39-30(44)28(21(2)42)41-40-27-17-22(32(47)49-9)11-16-25(27)33(48)50-10/h11-17,20,26,42H,18-19,37H2,1-10H3,(H,38,43)(H,39,44)(H,45,46). The minimum Gasteiger partial charge on any atom is -0.510 e. The van der Waals surface area contributed by atoms with Crippen LogP contribution in [0.5, 0.6) is 0 Å². The highest BCUT2D eigenvalue weighted by Gasteiger charge is 2.41. The number of carboxylic acid groups (broad SMARTS) is 1. The van der Waals surface area contributed by atoms with Crippen LogP contribution in [-0.4, -0.2) is 59.7 Å². The normalized spacial score (nSPS) is 14.9. The zero-order valence-electron chi connectivity index (χ0n) is 30.3. The van der Waals surface area contributed by atoms with Crippen molar-refractivity contribution in [3.8, 4) is 0 Å². The number of carbonyl (C=O) groups is 5. The van der Waals surface area contributed by atoms with Crippen molar-refractivity contribution in [3.63, 3.8) is 0 Å². The molecule has 14 nitrogen and oxygen atoms in total. The van der Waals surface area contributed by atoms with Gasteiger partial charge < -0.3 is 36.1 Å². The Morgan fingerprint density at radius 3 is 1.88 bits per heavy atom. The van der Waals surface area contributed by atoms with Crippen LogP contribution in [0.4, 0.5) is 17.1 Å². The number of aliphatic carboxylic acids is 1. The number of rotatable bonds is 14. The molecule has 0 fully saturated rings. The lowest BCUT2D eigenvalue weighted by molar-refractivity contribution is -0.147. The van der Waals surface area contributed by atoms with Gasteiger partial charge in [0.15, 0.2) is 5.70 Å². The molecule has 0 spiro atoms. The molecule has 0 saturated heterocycles. The van der Waals surface area contributed by atoms with Gasteiger partial charge in [-0.25, -0.2) is 9.59 Å². The van der Waals surface area contributed by atoms with Crippen molar-refractivity contribution < 1.29 is 43.7 Å². The van der Waals surface area contributed by atoms with Crippen LogP contribution >= 0.6 is 0 Å². The number of amides is 2. The topological polar surface area (TPSA) is 219 Å². The number of allylic oxidation sites excluding steroid dienone is 1. The first kappa shape index (κ1) is 41.1. The molecule has 0 saturated carbocycles. The van der Waals surface area contributed by atoms with E-state index in [0.717, 1.165) is 7.11 Å². The number of azo groups is 1. The van der Waals surface area contributed by atoms with E-state index in [0.29, 0.717) is 24.2 Å². The lowest BCUT2D eigenvalue weighted by atomic mass is 9.66. The van der Waals surface area contributed by atoms with Crippen molar-refractivity contribution >= 4 is 46.8 Å². The Kier molecular flexibility index (Phi) is 13.6. The fraction of sp³-hybridized carbons (Fsp3) is 0.472. The SMILES string of the molecule is COC(=O)c1ccc(C(=O)OC)c(N=NC(C(=O)Nc2ccc(NC(=O)C(C)C(C)(N)CC(C)(C)CC(C(=O)O)C(C)(C)C)cc2)=C(C)O)c1. The number of hydrogen-bond acceptors (Lipinski definition) is 11. The third-order valence-corrected chi connectivity index (χ3v) is 8.39. The molecular formula is C36H49N5O9. The number of nitrogens with two attached hydrogens (primary N) is 1. The molecular weight excluding hydrogens is 646 g/mol. The summed E-state index contributed by atoms with van der Waals surface area (Å²) in [7, 11) is 2.35. The van der Waals surface area contributed by atoms with E-state index in [9.17, 15) is 34.2 Å². The highest BCUT2D eigenvalue weighted by Crippen LogP contribution is 2.41. The van der Waals surface area contributed by atoms with Crippen molar-refractivity contribution in [2.24, 2.45) is 38.6 Å². The Hall–Kier alpha value is -5.11. The Morgan fingerprint density at radius 1 is 0.860 bits per heavy atom. The molecule has 3 unspecified atom stereocenters. The number of carboxylic acids is 1. The zero-order chi connectivity index (χ0) is 38.2. The van der Waals surface area contributed by atoms with E-state index in [1.165, 1.54) is 44.4 Å². The van der Waals surface area contributed by atoms with Crippen LogP contribution < -0.4 is 16.4 Å². The molecule has 2 rings (SSSR count). The van der Waals surface area contributed by atoms with Crippen molar-refractivity contribution in [2.75, 3.05) is 24.9 Å². The number of carbonyl (C=O) groups excluding carboxylic acids is 4. The molecule has 0 radical (unpaired) electrons. The quantitative estimate of drug-likeness (QED) is 0.0615. The Labute approximate surface area is 292 Å². The third kappa shape index (κ3) is 11.2. The van der Waals surface area contributed by atoms with Crippen LogP contribution in [0.2, 0.25) is 0 Å². The molecule has 272 valence electrons. The summed E-state index contributed by atoms with van der Waals surface area (Å²) in [5.41, 5.74) is 4.98. The number of ether oxygens (including phenoxy) is 2. The molecule has 0 aromatic heterocycles. The average Bonchev–Trinajstić information content (AvgIpc) is 3.02. The molecule has 3 atom stereocenters. The van der Waals surface area contributed by atoms with Gasteiger partial charge in [0.05, 0.1) is 37.2 Å². The van der Waals surface area contributed by atoms with Gasteiger partial charge in [-0.15, -0.1) is 10.2 Å². The van der Waals surface area contributed by atoms with Gasteiger partial charge in [0.25, 0.3) is 5.91 Å². The van der Waals surface area contributed by atoms with Crippen molar-refractivity contribution in [2.45, 2.75) is 73.8 Å². The van der Waals surface area contributed by atoms with E-state index in [1.807, 2.05) is 34.6 Å². The minimum atomic E-state index is -0.958. The number of esters is 2. The number of hydrogen-bond donors (Lipinski definition) is 5. The molecule has 6 N–H and O–H groups in total. The second kappa shape index (κ2) is 16.5. The Morgan fingerprint density at radius 2 is 1.40 bits per heavy atom. The van der Waals surface area contributed by atoms with Gasteiger partial charge in [0, 0.05) is 16.9 Å². The smallest absolute Gasteiger partial charge is 0.340 e. The lowest BCUT2D eigenvalue weighted by Crippen LogP contribution is -2.51. The van der Waals surface area contributed by atoms with Crippen molar-refractivity contribution in [1.82, 2.24) is 0 Å². The van der Waals surface area contributed by atoms with Crippen molar-refractivity contribution in [3.05, 3.63) is 65.0 Å². The predicted octanol–water partition coefficient (Wildman–Crippen LogP) is 6.62. The maximum Gasteiger partial charge on any atom is 0.340 e. The largest absolute Gasteiger partial charge is 0.510 e. The van der Waals surface area contributed by atoms with Crippen molar-refractivity contribution in [1.29, 1.82) is 0 Å². The fourth-order valence-corrected chi connectivity index (χ4v) is 5.48. The molecule has 50 heavy (non-hydrogen) atoms. The van der Waals surface area contributed by atoms with Gasteiger partial charge in [-0.2, -0.15) is 0 Å². The summed E-state index contributed by atoms with van der Waals surface area (Å²) in [5.74, 6) is -5.19. The maximum absolute atomic E-state index is 13.2. The van der Waals surface area contributed by atoms with Gasteiger partial charge in [-0.1, -0.05) is 41.5 Å². The molecule has 0 aliphatic carbocycles. The third-order valence-electron chi connectivity index (χ3n) is 8.39. The van der Waals surface area contributed by atoms with E-state index in [1.54, 1.807) is 26.0 Å². The van der Waals surface area contributed by atoms with Gasteiger partial charge in [-0.05, 0) is 80.0 Å². The fourth-order valence-electron chi connectivity index (χ4n) is 5.48. The monoisotopic (exact) mass is 695 g/mol. The predicted molar refractivity (Wildman–Crippen MR) is 188 cm³/mol. The molecule has 2 aromatic rings. The number of nitrogens with zero attached hydrogens (tertiary/aromatic N) is 2. The maximum atomic E-state index is 13.2. The van der Waals surface area contributed by atoms with Crippen LogP contribution in [0.25, 0.3) is 0 Å². The van der Waals surface area contributed by atoms with Crippen LogP contribution in [-0.2, 0) is 23.9 Å². The number of aliphatic hydroxyl groups is 1. The van der Waals surface area contributed by atoms with Gasteiger partial charge >= 0.3 is 17.9 Å². The van der Waals surface area contributed by atoms with E-state index >= 15 is 0 Å². The molecule has 0 aliphatic rings. The molecule has 0 aliphatic heterocycles. The molecule has 14 heteroatoms. The molecule has 2 amide bonds. The second-order valence-corrected chi connectivity index (χ2v) is 14.4. The van der Waals surface area contributed by atoms with Crippen LogP contribution in [0.1, 0.15) is 88.9 Å². The van der Waals surface area contributed by atoms with Gasteiger partial charge in [0.2, 0.25) is 5.91 Å². The van der Waals surface area contributed by atoms with E-state index in [4.69, 9.17) is 15.2 Å². The van der Waals surface area contributed by atoms with Gasteiger partial charge in [-0.3, -0.25) is 14.4 Å². The lowest BCUT2D eigenvalue weighted by Gasteiger charge is -2.41. The van der Waals surface area contributed by atoms with Crippen LogP contribution in [0.15, 0.2) is 64.1 Å². The molecule has 2 aromatic carbocycles. The first-order valence-electron chi connectivity index (χ1n) is 15.9. The van der Waals surface area contributed by atoms with Crippen LogP contribution in [0.3, 0.4) is 0 Å². The van der Waals surface area contributed by atoms with E-state index in [-0.39, 0.29) is 22.7 Å². The molecule has 0 heterocycles. The average molecular weight is 696 g/mol. The number of methoxy groups -OCH3 is 2. The highest BCUT2D eigenvalue weighted by atomic mass is 16.5. The summed E-state index contributed by atoms with van der Waals surface area (Å²) in [6.07, 6.45) is 0.795. The number of aliphatic hydroxyl groups excluding tert-OH is 1. The summed E-state index contributed by atoms with van der Waals surface area (Å²) in [5, 5.41) is 33.2. The van der Waals surface area contributed by atoms with Gasteiger partial charge in [0.1, 0.15) is 11.4 Å². The van der Waals surface area contributed by atoms with Crippen LogP contribution in [0, 0.1) is 22.7 Å². The van der Waals surface area contributed by atoms with E-state index in [2.05, 4.69) is 20.9 Å². The molecule has 0 bridgehead atoms. The minimum absolute atomic E-state index is 0.0442. The number of nitrogens with one attached hydrogen (secondary N) is 2. The summed E-state index contributed by atoms with van der Waals surface area (Å²) < 4.78 is 9.45. The number of anilines is 2.